The normalized spacial score (nSPS) is 10.7. The zero-order chi connectivity index (χ0) is 18.2. The minimum atomic E-state index is -0.222. The van der Waals surface area contributed by atoms with Crippen molar-refractivity contribution in [2.24, 2.45) is 0 Å². The highest BCUT2D eigenvalue weighted by molar-refractivity contribution is 6.01. The van der Waals surface area contributed by atoms with E-state index in [2.05, 4.69) is 15.3 Å². The summed E-state index contributed by atoms with van der Waals surface area (Å²) < 4.78 is 5.71. The molecule has 0 fully saturated rings. The highest BCUT2D eigenvalue weighted by Crippen LogP contribution is 2.15. The molecular formula is C21H19N3O2. The number of amides is 1. The van der Waals surface area contributed by atoms with Crippen LogP contribution in [0.25, 0.3) is 6.08 Å². The van der Waals surface area contributed by atoms with Gasteiger partial charge in [0.05, 0.1) is 0 Å². The van der Waals surface area contributed by atoms with Crippen molar-refractivity contribution in [3.8, 4) is 5.75 Å². The van der Waals surface area contributed by atoms with Crippen molar-refractivity contribution in [3.05, 3.63) is 89.9 Å². The molecule has 5 nitrogen and oxygen atoms in total. The lowest BCUT2D eigenvalue weighted by Gasteiger charge is -2.06. The fourth-order valence-corrected chi connectivity index (χ4v) is 2.27. The van der Waals surface area contributed by atoms with Gasteiger partial charge in [-0.1, -0.05) is 18.2 Å². The summed E-state index contributed by atoms with van der Waals surface area (Å²) in [6.45, 7) is 2.42. The number of nitrogens with one attached hydrogen (secondary N) is 1. The summed E-state index contributed by atoms with van der Waals surface area (Å²) in [4.78, 5) is 20.1. The standard InChI is InChI=1S/C21H19N3O2/c1-16-10-12-23-20(13-16)24-21(25)9-6-17-4-7-19(8-5-17)26-15-18-3-2-11-22-14-18/h2-14H,15H2,1H3,(H,23,24,25)/b9-6+. The van der Waals surface area contributed by atoms with E-state index in [9.17, 15) is 4.79 Å². The van der Waals surface area contributed by atoms with Crippen molar-refractivity contribution in [2.75, 3.05) is 5.32 Å². The highest BCUT2D eigenvalue weighted by atomic mass is 16.5. The van der Waals surface area contributed by atoms with Gasteiger partial charge in [-0.25, -0.2) is 4.98 Å². The predicted octanol–water partition coefficient (Wildman–Crippen LogP) is 4.02. The van der Waals surface area contributed by atoms with Gasteiger partial charge in [-0.2, -0.15) is 0 Å². The molecule has 1 amide bonds. The Morgan fingerprint density at radius 3 is 2.73 bits per heavy atom. The molecule has 1 N–H and O–H groups in total. The van der Waals surface area contributed by atoms with Crippen molar-refractivity contribution in [2.45, 2.75) is 13.5 Å². The molecule has 0 bridgehead atoms. The number of aryl methyl sites for hydroxylation is 1. The molecule has 0 aliphatic rings. The Kier molecular flexibility index (Phi) is 5.72. The smallest absolute Gasteiger partial charge is 0.249 e. The van der Waals surface area contributed by atoms with Crippen molar-refractivity contribution >= 4 is 17.8 Å². The molecule has 2 heterocycles. The van der Waals surface area contributed by atoms with Gasteiger partial charge in [0.15, 0.2) is 0 Å². The average molecular weight is 345 g/mol. The van der Waals surface area contributed by atoms with Gasteiger partial charge in [-0.15, -0.1) is 0 Å². The molecule has 0 unspecified atom stereocenters. The van der Waals surface area contributed by atoms with Crippen LogP contribution in [-0.2, 0) is 11.4 Å². The van der Waals surface area contributed by atoms with E-state index < -0.39 is 0 Å². The molecule has 2 aromatic heterocycles. The summed E-state index contributed by atoms with van der Waals surface area (Å²) in [6.07, 6.45) is 8.40. The van der Waals surface area contributed by atoms with Crippen LogP contribution in [0.3, 0.4) is 0 Å². The van der Waals surface area contributed by atoms with Crippen LogP contribution in [-0.4, -0.2) is 15.9 Å². The Hall–Kier alpha value is -3.47. The Morgan fingerprint density at radius 2 is 2.00 bits per heavy atom. The quantitative estimate of drug-likeness (QED) is 0.686. The first-order valence-corrected chi connectivity index (χ1v) is 8.22. The first-order chi connectivity index (χ1) is 12.7. The molecule has 0 aliphatic carbocycles. The molecule has 0 spiro atoms. The van der Waals surface area contributed by atoms with Crippen molar-refractivity contribution in [1.82, 2.24) is 9.97 Å². The monoisotopic (exact) mass is 345 g/mol. The van der Waals surface area contributed by atoms with E-state index in [1.807, 2.05) is 55.5 Å². The zero-order valence-electron chi connectivity index (χ0n) is 14.4. The number of hydrogen-bond donors (Lipinski definition) is 1. The van der Waals surface area contributed by atoms with E-state index in [-0.39, 0.29) is 5.91 Å². The Balaban J connectivity index is 1.53. The molecule has 0 saturated heterocycles. The molecule has 3 rings (SSSR count). The van der Waals surface area contributed by atoms with E-state index in [0.29, 0.717) is 12.4 Å². The van der Waals surface area contributed by atoms with Crippen LogP contribution in [0.4, 0.5) is 5.82 Å². The lowest BCUT2D eigenvalue weighted by atomic mass is 10.2. The molecule has 0 aliphatic heterocycles. The molecule has 1 aromatic carbocycles. The molecule has 3 aromatic rings. The number of anilines is 1. The number of carbonyl (C=O) groups excluding carboxylic acids is 1. The van der Waals surface area contributed by atoms with Gasteiger partial charge >= 0.3 is 0 Å². The summed E-state index contributed by atoms with van der Waals surface area (Å²) in [6, 6.07) is 15.1. The minimum absolute atomic E-state index is 0.222. The molecule has 26 heavy (non-hydrogen) atoms. The van der Waals surface area contributed by atoms with Gasteiger partial charge in [-0.3, -0.25) is 9.78 Å². The molecular weight excluding hydrogens is 326 g/mol. The maximum Gasteiger partial charge on any atom is 0.249 e. The van der Waals surface area contributed by atoms with Crippen molar-refractivity contribution < 1.29 is 9.53 Å². The number of hydrogen-bond acceptors (Lipinski definition) is 4. The first kappa shape index (κ1) is 17.4. The summed E-state index contributed by atoms with van der Waals surface area (Å²) in [7, 11) is 0. The van der Waals surface area contributed by atoms with Gasteiger partial charge in [0, 0.05) is 30.2 Å². The fourth-order valence-electron chi connectivity index (χ4n) is 2.27. The summed E-state index contributed by atoms with van der Waals surface area (Å²) in [5, 5.41) is 2.74. The van der Waals surface area contributed by atoms with E-state index in [4.69, 9.17) is 4.74 Å². The second-order valence-electron chi connectivity index (χ2n) is 5.76. The molecule has 0 saturated carbocycles. The summed E-state index contributed by atoms with van der Waals surface area (Å²) in [5.41, 5.74) is 2.96. The van der Waals surface area contributed by atoms with Gasteiger partial charge in [-0.05, 0) is 54.5 Å². The predicted molar refractivity (Wildman–Crippen MR) is 102 cm³/mol. The van der Waals surface area contributed by atoms with Crippen LogP contribution in [0.2, 0.25) is 0 Å². The maximum absolute atomic E-state index is 12.0. The summed E-state index contributed by atoms with van der Waals surface area (Å²) >= 11 is 0. The third-order valence-electron chi connectivity index (χ3n) is 3.60. The minimum Gasteiger partial charge on any atom is -0.489 e. The largest absolute Gasteiger partial charge is 0.489 e. The van der Waals surface area contributed by atoms with Crippen molar-refractivity contribution in [3.63, 3.8) is 0 Å². The van der Waals surface area contributed by atoms with E-state index >= 15 is 0 Å². The number of ether oxygens (including phenoxy) is 1. The Bertz CT molecular complexity index is 891. The van der Waals surface area contributed by atoms with Crippen LogP contribution in [0.1, 0.15) is 16.7 Å². The van der Waals surface area contributed by atoms with Gasteiger partial charge in [0.25, 0.3) is 0 Å². The fraction of sp³-hybridized carbons (Fsp3) is 0.0952. The van der Waals surface area contributed by atoms with Gasteiger partial charge in [0.1, 0.15) is 18.2 Å². The number of rotatable bonds is 6. The lowest BCUT2D eigenvalue weighted by Crippen LogP contribution is -2.09. The zero-order valence-corrected chi connectivity index (χ0v) is 14.4. The number of benzene rings is 1. The van der Waals surface area contributed by atoms with Crippen LogP contribution in [0, 0.1) is 6.92 Å². The third-order valence-corrected chi connectivity index (χ3v) is 3.60. The van der Waals surface area contributed by atoms with E-state index in [1.165, 1.54) is 6.08 Å². The highest BCUT2D eigenvalue weighted by Gasteiger charge is 2.00. The van der Waals surface area contributed by atoms with E-state index in [0.717, 1.165) is 22.4 Å². The van der Waals surface area contributed by atoms with E-state index in [1.54, 1.807) is 24.7 Å². The van der Waals surface area contributed by atoms with Gasteiger partial charge < -0.3 is 10.1 Å². The molecule has 5 heteroatoms. The van der Waals surface area contributed by atoms with Crippen LogP contribution in [0.15, 0.2) is 73.2 Å². The number of pyridine rings is 2. The average Bonchev–Trinajstić information content (AvgIpc) is 2.66. The number of nitrogens with zero attached hydrogens (tertiary/aromatic N) is 2. The second kappa shape index (κ2) is 8.58. The SMILES string of the molecule is Cc1ccnc(NC(=O)/C=C/c2ccc(OCc3cccnc3)cc2)c1. The van der Waals surface area contributed by atoms with Crippen LogP contribution < -0.4 is 10.1 Å². The maximum atomic E-state index is 12.0. The van der Waals surface area contributed by atoms with Crippen LogP contribution >= 0.6 is 0 Å². The summed E-state index contributed by atoms with van der Waals surface area (Å²) in [5.74, 6) is 1.08. The lowest BCUT2D eigenvalue weighted by molar-refractivity contribution is -0.111. The molecule has 0 radical (unpaired) electrons. The molecule has 0 atom stereocenters. The second-order valence-corrected chi connectivity index (χ2v) is 5.76. The topological polar surface area (TPSA) is 64.1 Å². The number of aromatic nitrogens is 2. The Morgan fingerprint density at radius 1 is 1.15 bits per heavy atom. The van der Waals surface area contributed by atoms with Gasteiger partial charge in [0.2, 0.25) is 5.91 Å². The number of carbonyl (C=O) groups is 1. The third kappa shape index (κ3) is 5.27. The molecule has 130 valence electrons. The first-order valence-electron chi connectivity index (χ1n) is 8.22. The van der Waals surface area contributed by atoms with Crippen LogP contribution in [0.5, 0.6) is 5.75 Å². The Labute approximate surface area is 152 Å². The van der Waals surface area contributed by atoms with Crippen molar-refractivity contribution in [1.29, 1.82) is 0 Å².